The standard InChI is InChI=1S/C13H19NO3S/c1-13(2,12(15)16)10-8-18-11(14-10)7-9-5-3-4-6-17-9/h8-9H,3-7H2,1-2H3,(H,15,16). The summed E-state index contributed by atoms with van der Waals surface area (Å²) in [4.78, 5) is 15.6. The molecule has 1 aromatic rings. The predicted octanol–water partition coefficient (Wildman–Crippen LogP) is 2.62. The van der Waals surface area contributed by atoms with Crippen LogP contribution in [-0.4, -0.2) is 28.8 Å². The highest BCUT2D eigenvalue weighted by Crippen LogP contribution is 2.27. The van der Waals surface area contributed by atoms with Gasteiger partial charge in [0.1, 0.15) is 5.41 Å². The molecule has 0 amide bonds. The van der Waals surface area contributed by atoms with E-state index in [1.165, 1.54) is 17.8 Å². The maximum Gasteiger partial charge on any atom is 0.315 e. The maximum atomic E-state index is 11.2. The molecule has 0 spiro atoms. The van der Waals surface area contributed by atoms with E-state index in [1.807, 2.05) is 5.38 Å². The zero-order valence-electron chi connectivity index (χ0n) is 10.8. The number of carboxylic acids is 1. The number of aliphatic carboxylic acids is 1. The molecule has 2 rings (SSSR count). The molecule has 1 atom stereocenters. The van der Waals surface area contributed by atoms with E-state index in [2.05, 4.69) is 4.98 Å². The van der Waals surface area contributed by atoms with Crippen LogP contribution in [0.25, 0.3) is 0 Å². The number of ether oxygens (including phenoxy) is 1. The third-order valence-corrected chi connectivity index (χ3v) is 4.27. The highest BCUT2D eigenvalue weighted by molar-refractivity contribution is 7.09. The van der Waals surface area contributed by atoms with Gasteiger partial charge in [-0.15, -0.1) is 11.3 Å². The lowest BCUT2D eigenvalue weighted by Gasteiger charge is -2.21. The number of carbonyl (C=O) groups is 1. The summed E-state index contributed by atoms with van der Waals surface area (Å²) in [6.07, 6.45) is 4.50. The molecule has 0 bridgehead atoms. The fourth-order valence-electron chi connectivity index (χ4n) is 1.96. The van der Waals surface area contributed by atoms with Crippen LogP contribution in [-0.2, 0) is 21.4 Å². The number of thiazole rings is 1. The van der Waals surface area contributed by atoms with Crippen LogP contribution in [0.15, 0.2) is 5.38 Å². The molecule has 1 aromatic heterocycles. The van der Waals surface area contributed by atoms with Gasteiger partial charge in [0.2, 0.25) is 0 Å². The topological polar surface area (TPSA) is 59.4 Å². The Labute approximate surface area is 111 Å². The number of hydrogen-bond donors (Lipinski definition) is 1. The van der Waals surface area contributed by atoms with Crippen molar-refractivity contribution in [1.82, 2.24) is 4.98 Å². The largest absolute Gasteiger partial charge is 0.481 e. The summed E-state index contributed by atoms with van der Waals surface area (Å²) >= 11 is 1.53. The lowest BCUT2D eigenvalue weighted by molar-refractivity contribution is -0.142. The lowest BCUT2D eigenvalue weighted by Crippen LogP contribution is -2.29. The Morgan fingerprint density at radius 1 is 1.61 bits per heavy atom. The number of rotatable bonds is 4. The van der Waals surface area contributed by atoms with Crippen LogP contribution >= 0.6 is 11.3 Å². The van der Waals surface area contributed by atoms with E-state index in [0.29, 0.717) is 5.69 Å². The van der Waals surface area contributed by atoms with E-state index < -0.39 is 11.4 Å². The monoisotopic (exact) mass is 269 g/mol. The van der Waals surface area contributed by atoms with E-state index in [0.717, 1.165) is 30.9 Å². The average molecular weight is 269 g/mol. The molecule has 100 valence electrons. The number of aromatic nitrogens is 1. The fourth-order valence-corrected chi connectivity index (χ4v) is 2.99. The van der Waals surface area contributed by atoms with Crippen LogP contribution in [0.4, 0.5) is 0 Å². The minimum atomic E-state index is -0.915. The molecule has 0 radical (unpaired) electrons. The number of carboxylic acid groups (broad SMARTS) is 1. The van der Waals surface area contributed by atoms with Crippen LogP contribution in [0, 0.1) is 0 Å². The van der Waals surface area contributed by atoms with E-state index in [4.69, 9.17) is 9.84 Å². The van der Waals surface area contributed by atoms with Crippen LogP contribution in [0.3, 0.4) is 0 Å². The first-order valence-corrected chi connectivity index (χ1v) is 7.18. The SMILES string of the molecule is CC(C)(C(=O)O)c1csc(CC2CCCCO2)n1. The van der Waals surface area contributed by atoms with E-state index in [9.17, 15) is 4.79 Å². The predicted molar refractivity (Wildman–Crippen MR) is 70.1 cm³/mol. The summed E-state index contributed by atoms with van der Waals surface area (Å²) in [6.45, 7) is 4.21. The molecular formula is C13H19NO3S. The quantitative estimate of drug-likeness (QED) is 0.912. The Morgan fingerprint density at radius 3 is 3.00 bits per heavy atom. The highest BCUT2D eigenvalue weighted by Gasteiger charge is 2.32. The Balaban J connectivity index is 2.03. The summed E-state index contributed by atoms with van der Waals surface area (Å²) in [5.41, 5.74) is -0.270. The van der Waals surface area contributed by atoms with Gasteiger partial charge in [0.15, 0.2) is 0 Å². The molecular weight excluding hydrogens is 250 g/mol. The van der Waals surface area contributed by atoms with Gasteiger partial charge in [-0.05, 0) is 33.1 Å². The maximum absolute atomic E-state index is 11.2. The molecule has 4 nitrogen and oxygen atoms in total. The lowest BCUT2D eigenvalue weighted by atomic mass is 9.90. The van der Waals surface area contributed by atoms with E-state index in [-0.39, 0.29) is 6.10 Å². The number of hydrogen-bond acceptors (Lipinski definition) is 4. The Hall–Kier alpha value is -0.940. The summed E-state index contributed by atoms with van der Waals surface area (Å²) < 4.78 is 5.67. The van der Waals surface area contributed by atoms with Gasteiger partial charge in [0.25, 0.3) is 0 Å². The van der Waals surface area contributed by atoms with Gasteiger partial charge >= 0.3 is 5.97 Å². The van der Waals surface area contributed by atoms with E-state index in [1.54, 1.807) is 13.8 Å². The van der Waals surface area contributed by atoms with E-state index >= 15 is 0 Å². The molecule has 1 unspecified atom stereocenters. The smallest absolute Gasteiger partial charge is 0.315 e. The molecule has 1 saturated heterocycles. The Bertz CT molecular complexity index is 422. The molecule has 0 aliphatic carbocycles. The Morgan fingerprint density at radius 2 is 2.39 bits per heavy atom. The molecule has 1 N–H and O–H groups in total. The highest BCUT2D eigenvalue weighted by atomic mass is 32.1. The second-order valence-electron chi connectivity index (χ2n) is 5.25. The minimum Gasteiger partial charge on any atom is -0.481 e. The van der Waals surface area contributed by atoms with Crippen molar-refractivity contribution in [1.29, 1.82) is 0 Å². The second kappa shape index (κ2) is 5.36. The van der Waals surface area contributed by atoms with Crippen molar-refractivity contribution >= 4 is 17.3 Å². The van der Waals surface area contributed by atoms with Crippen LogP contribution in [0.1, 0.15) is 43.8 Å². The molecule has 2 heterocycles. The van der Waals surface area contributed by atoms with Crippen molar-refractivity contribution in [3.8, 4) is 0 Å². The Kier molecular flexibility index (Phi) is 4.02. The normalized spacial score (nSPS) is 20.9. The third kappa shape index (κ3) is 2.90. The van der Waals surface area contributed by atoms with Crippen molar-refractivity contribution in [2.24, 2.45) is 0 Å². The summed E-state index contributed by atoms with van der Waals surface area (Å²) in [5, 5.41) is 12.0. The van der Waals surface area contributed by atoms with Crippen LogP contribution in [0.5, 0.6) is 0 Å². The van der Waals surface area contributed by atoms with Gasteiger partial charge in [0.05, 0.1) is 16.8 Å². The zero-order chi connectivity index (χ0) is 13.2. The fraction of sp³-hybridized carbons (Fsp3) is 0.692. The van der Waals surface area contributed by atoms with Crippen molar-refractivity contribution in [2.75, 3.05) is 6.61 Å². The first kappa shape index (κ1) is 13.5. The molecule has 0 saturated carbocycles. The summed E-state index contributed by atoms with van der Waals surface area (Å²) in [6, 6.07) is 0. The molecule has 18 heavy (non-hydrogen) atoms. The molecule has 0 aromatic carbocycles. The van der Waals surface area contributed by atoms with Gasteiger partial charge < -0.3 is 9.84 Å². The minimum absolute atomic E-state index is 0.255. The summed E-state index contributed by atoms with van der Waals surface area (Å²) in [5.74, 6) is -0.840. The molecule has 5 heteroatoms. The van der Waals surface area contributed by atoms with Crippen molar-refractivity contribution in [3.05, 3.63) is 16.1 Å². The van der Waals surface area contributed by atoms with Gasteiger partial charge in [-0.25, -0.2) is 4.98 Å². The van der Waals surface area contributed by atoms with Gasteiger partial charge in [-0.2, -0.15) is 0 Å². The van der Waals surface area contributed by atoms with Crippen LogP contribution in [0.2, 0.25) is 0 Å². The van der Waals surface area contributed by atoms with Crippen molar-refractivity contribution < 1.29 is 14.6 Å². The van der Waals surface area contributed by atoms with Gasteiger partial charge in [0, 0.05) is 18.4 Å². The first-order valence-electron chi connectivity index (χ1n) is 6.30. The van der Waals surface area contributed by atoms with Crippen LogP contribution < -0.4 is 0 Å². The summed E-state index contributed by atoms with van der Waals surface area (Å²) in [7, 11) is 0. The van der Waals surface area contributed by atoms with Gasteiger partial charge in [-0.1, -0.05) is 0 Å². The molecule has 1 aliphatic heterocycles. The zero-order valence-corrected chi connectivity index (χ0v) is 11.6. The van der Waals surface area contributed by atoms with Gasteiger partial charge in [-0.3, -0.25) is 4.79 Å². The second-order valence-corrected chi connectivity index (χ2v) is 6.19. The van der Waals surface area contributed by atoms with Crippen molar-refractivity contribution in [2.45, 2.75) is 51.0 Å². The third-order valence-electron chi connectivity index (χ3n) is 3.40. The molecule has 1 fully saturated rings. The first-order chi connectivity index (χ1) is 8.50. The van der Waals surface area contributed by atoms with Crippen molar-refractivity contribution in [3.63, 3.8) is 0 Å². The molecule has 1 aliphatic rings. The average Bonchev–Trinajstić information content (AvgIpc) is 2.79. The number of nitrogens with zero attached hydrogens (tertiary/aromatic N) is 1.